The van der Waals surface area contributed by atoms with Gasteiger partial charge in [-0.3, -0.25) is 9.59 Å². The number of carbonyl (C=O) groups excluding carboxylic acids is 2. The van der Waals surface area contributed by atoms with Gasteiger partial charge in [-0.1, -0.05) is 47.5 Å². The van der Waals surface area contributed by atoms with Crippen LogP contribution in [0.2, 0.25) is 10.0 Å². The molecule has 0 saturated heterocycles. The average molecular weight is 457 g/mol. The summed E-state index contributed by atoms with van der Waals surface area (Å²) in [6, 6.07) is 13.5. The molecule has 1 aliphatic heterocycles. The summed E-state index contributed by atoms with van der Waals surface area (Å²) in [5.41, 5.74) is 1.44. The third kappa shape index (κ3) is 5.12. The number of amidine groups is 1. The molecule has 158 valence electrons. The number of fused-ring (bicyclic) bond motifs is 1. The van der Waals surface area contributed by atoms with Crippen molar-refractivity contribution in [3.63, 3.8) is 0 Å². The summed E-state index contributed by atoms with van der Waals surface area (Å²) < 4.78 is 4.95. The van der Waals surface area contributed by atoms with Crippen LogP contribution in [0.15, 0.2) is 53.0 Å². The number of hydrogen-bond donors (Lipinski definition) is 2. The Kier molecular flexibility index (Phi) is 7.42. The van der Waals surface area contributed by atoms with Gasteiger partial charge >= 0.3 is 0 Å². The fourth-order valence-electron chi connectivity index (χ4n) is 2.98. The molecule has 0 radical (unpaired) electrons. The van der Waals surface area contributed by atoms with Crippen molar-refractivity contribution in [3.05, 3.63) is 74.8 Å². The van der Waals surface area contributed by atoms with Crippen LogP contribution in [-0.4, -0.2) is 37.9 Å². The zero-order valence-electron chi connectivity index (χ0n) is 16.5. The molecule has 0 saturated carbocycles. The van der Waals surface area contributed by atoms with Gasteiger partial charge in [-0.2, -0.15) is 5.26 Å². The van der Waals surface area contributed by atoms with E-state index in [0.29, 0.717) is 35.7 Å². The molecule has 2 N–H and O–H groups in total. The quantitative estimate of drug-likeness (QED) is 0.393. The third-order valence-corrected chi connectivity index (χ3v) is 5.00. The molecule has 9 heteroatoms. The van der Waals surface area contributed by atoms with E-state index in [-0.39, 0.29) is 27.7 Å². The van der Waals surface area contributed by atoms with Gasteiger partial charge in [0, 0.05) is 36.4 Å². The lowest BCUT2D eigenvalue weighted by Crippen LogP contribution is -2.30. The Bertz CT molecular complexity index is 1140. The number of rotatable bonds is 6. The van der Waals surface area contributed by atoms with Crippen LogP contribution >= 0.6 is 23.2 Å². The number of nitriles is 1. The van der Waals surface area contributed by atoms with E-state index in [1.807, 2.05) is 6.07 Å². The summed E-state index contributed by atoms with van der Waals surface area (Å²) in [5, 5.41) is 15.6. The van der Waals surface area contributed by atoms with Crippen LogP contribution in [0, 0.1) is 11.3 Å². The second-order valence-electron chi connectivity index (χ2n) is 6.52. The predicted octanol–water partition coefficient (Wildman–Crippen LogP) is 3.57. The molecular formula is C22H18Cl2N4O3. The van der Waals surface area contributed by atoms with Gasteiger partial charge in [0.1, 0.15) is 17.5 Å². The first-order chi connectivity index (χ1) is 15.0. The van der Waals surface area contributed by atoms with Gasteiger partial charge in [0.25, 0.3) is 11.8 Å². The summed E-state index contributed by atoms with van der Waals surface area (Å²) in [6.07, 6.45) is 0.610. The van der Waals surface area contributed by atoms with Crippen molar-refractivity contribution in [2.75, 3.05) is 20.3 Å². The molecular weight excluding hydrogens is 439 g/mol. The van der Waals surface area contributed by atoms with Crippen LogP contribution in [-0.2, 0) is 9.53 Å². The minimum atomic E-state index is -0.541. The molecule has 31 heavy (non-hydrogen) atoms. The van der Waals surface area contributed by atoms with Crippen LogP contribution in [0.25, 0.3) is 5.70 Å². The monoisotopic (exact) mass is 456 g/mol. The van der Waals surface area contributed by atoms with Crippen LogP contribution in [0.5, 0.6) is 0 Å². The van der Waals surface area contributed by atoms with E-state index in [1.165, 1.54) is 12.1 Å². The number of nitrogens with zero attached hydrogens (tertiary/aromatic N) is 2. The number of carbonyl (C=O) groups is 2. The Morgan fingerprint density at radius 2 is 1.90 bits per heavy atom. The maximum absolute atomic E-state index is 12.7. The zero-order valence-corrected chi connectivity index (χ0v) is 18.0. The molecule has 0 unspecified atom stereocenters. The highest BCUT2D eigenvalue weighted by Gasteiger charge is 2.27. The van der Waals surface area contributed by atoms with E-state index in [4.69, 9.17) is 27.9 Å². The maximum atomic E-state index is 12.7. The van der Waals surface area contributed by atoms with E-state index in [0.717, 1.165) is 0 Å². The Morgan fingerprint density at radius 3 is 2.58 bits per heavy atom. The maximum Gasteiger partial charge on any atom is 0.264 e. The zero-order chi connectivity index (χ0) is 22.4. The number of halogens is 2. The Morgan fingerprint density at radius 1 is 1.16 bits per heavy atom. The highest BCUT2D eigenvalue weighted by atomic mass is 35.5. The minimum Gasteiger partial charge on any atom is -0.385 e. The lowest BCUT2D eigenvalue weighted by molar-refractivity contribution is -0.117. The predicted molar refractivity (Wildman–Crippen MR) is 119 cm³/mol. The van der Waals surface area contributed by atoms with Gasteiger partial charge in [-0.15, -0.1) is 0 Å². The first-order valence-electron chi connectivity index (χ1n) is 9.32. The number of methoxy groups -OCH3 is 1. The molecule has 7 nitrogen and oxygen atoms in total. The SMILES string of the molecule is COCCCNC(=O)/C(C#N)=C1\N=C(NC(=O)c2ccc(Cl)cc2Cl)c2ccccc21. The first kappa shape index (κ1) is 22.5. The number of benzene rings is 2. The third-order valence-electron chi connectivity index (χ3n) is 4.46. The number of hydrogen-bond acceptors (Lipinski definition) is 5. The molecule has 0 bridgehead atoms. The number of ether oxygens (including phenoxy) is 1. The summed E-state index contributed by atoms with van der Waals surface area (Å²) in [7, 11) is 1.57. The Labute approximate surface area is 189 Å². The lowest BCUT2D eigenvalue weighted by atomic mass is 10.0. The van der Waals surface area contributed by atoms with Gasteiger partial charge in [-0.25, -0.2) is 4.99 Å². The van der Waals surface area contributed by atoms with Crippen LogP contribution in [0.4, 0.5) is 0 Å². The Balaban J connectivity index is 1.92. The second-order valence-corrected chi connectivity index (χ2v) is 7.37. The normalized spacial score (nSPS) is 13.7. The van der Waals surface area contributed by atoms with Crippen molar-refractivity contribution in [3.8, 4) is 6.07 Å². The Hall–Kier alpha value is -3.18. The first-order valence-corrected chi connectivity index (χ1v) is 10.1. The van der Waals surface area contributed by atoms with Crippen molar-refractivity contribution in [2.24, 2.45) is 4.99 Å². The second kappa shape index (κ2) is 10.2. The summed E-state index contributed by atoms with van der Waals surface area (Å²) >= 11 is 12.0. The minimum absolute atomic E-state index is 0.140. The van der Waals surface area contributed by atoms with Crippen LogP contribution in [0.1, 0.15) is 27.9 Å². The van der Waals surface area contributed by atoms with E-state index in [9.17, 15) is 14.9 Å². The van der Waals surface area contributed by atoms with Crippen molar-refractivity contribution < 1.29 is 14.3 Å². The van der Waals surface area contributed by atoms with Gasteiger partial charge in [0.15, 0.2) is 0 Å². The standard InChI is InChI=1S/C22H18Cl2N4O3/c1-31-10-4-9-26-21(29)17(12-25)19-14-5-2-3-6-15(14)20(27-19)28-22(30)16-8-7-13(23)11-18(16)24/h2-3,5-8,11H,4,9-10H2,1H3,(H,26,29)(H,27,28,30)/b19-17-. The highest BCUT2D eigenvalue weighted by molar-refractivity contribution is 6.37. The fraction of sp³-hybridized carbons (Fsp3) is 0.182. The molecule has 0 spiro atoms. The number of nitrogens with one attached hydrogen (secondary N) is 2. The van der Waals surface area contributed by atoms with E-state index in [2.05, 4.69) is 15.6 Å². The van der Waals surface area contributed by atoms with Crippen molar-refractivity contribution in [2.45, 2.75) is 6.42 Å². The molecule has 2 aromatic carbocycles. The lowest BCUT2D eigenvalue weighted by Gasteiger charge is -2.07. The largest absolute Gasteiger partial charge is 0.385 e. The molecule has 2 aromatic rings. The van der Waals surface area contributed by atoms with Crippen molar-refractivity contribution in [1.29, 1.82) is 5.26 Å². The summed E-state index contributed by atoms with van der Waals surface area (Å²) in [5.74, 6) is -0.805. The van der Waals surface area contributed by atoms with Gasteiger partial charge in [0.2, 0.25) is 0 Å². The highest BCUT2D eigenvalue weighted by Crippen LogP contribution is 2.31. The van der Waals surface area contributed by atoms with Crippen molar-refractivity contribution in [1.82, 2.24) is 10.6 Å². The number of amides is 2. The van der Waals surface area contributed by atoms with Crippen molar-refractivity contribution >= 4 is 46.5 Å². The molecule has 1 heterocycles. The molecule has 0 aliphatic carbocycles. The molecule has 0 aromatic heterocycles. The summed E-state index contributed by atoms with van der Waals surface area (Å²) in [6.45, 7) is 0.846. The fourth-order valence-corrected chi connectivity index (χ4v) is 3.48. The summed E-state index contributed by atoms with van der Waals surface area (Å²) in [4.78, 5) is 29.7. The van der Waals surface area contributed by atoms with Crippen LogP contribution < -0.4 is 10.6 Å². The average Bonchev–Trinajstić information content (AvgIpc) is 3.10. The molecule has 3 rings (SSSR count). The van der Waals surface area contributed by atoms with Gasteiger partial charge in [0.05, 0.1) is 16.3 Å². The van der Waals surface area contributed by atoms with Crippen LogP contribution in [0.3, 0.4) is 0 Å². The van der Waals surface area contributed by atoms with Gasteiger partial charge < -0.3 is 15.4 Å². The molecule has 0 atom stereocenters. The topological polar surface area (TPSA) is 104 Å². The van der Waals surface area contributed by atoms with Gasteiger partial charge in [-0.05, 0) is 24.6 Å². The number of aliphatic imine (C=N–C) groups is 1. The molecule has 0 fully saturated rings. The van der Waals surface area contributed by atoms with E-state index in [1.54, 1.807) is 37.4 Å². The van der Waals surface area contributed by atoms with E-state index < -0.39 is 11.8 Å². The van der Waals surface area contributed by atoms with E-state index >= 15 is 0 Å². The smallest absolute Gasteiger partial charge is 0.264 e. The molecule has 2 amide bonds. The molecule has 1 aliphatic rings.